The molecule has 0 radical (unpaired) electrons. The quantitative estimate of drug-likeness (QED) is 0.728. The number of halogens is 3. The molecule has 3 N–H and O–H groups in total. The van der Waals surface area contributed by atoms with E-state index < -0.39 is 37.1 Å². The van der Waals surface area contributed by atoms with E-state index in [1.54, 1.807) is 0 Å². The van der Waals surface area contributed by atoms with E-state index >= 15 is 0 Å². The summed E-state index contributed by atoms with van der Waals surface area (Å²) in [6.07, 6.45) is -4.91. The molecule has 0 unspecified atom stereocenters. The molecule has 0 aliphatic rings. The van der Waals surface area contributed by atoms with E-state index in [0.717, 1.165) is 30.3 Å². The molecule has 13 heteroatoms. The fourth-order valence-corrected chi connectivity index (χ4v) is 3.77. The van der Waals surface area contributed by atoms with E-state index in [-0.39, 0.29) is 16.3 Å². The number of primary sulfonamides is 1. The van der Waals surface area contributed by atoms with Crippen molar-refractivity contribution in [1.82, 2.24) is 0 Å². The van der Waals surface area contributed by atoms with E-state index in [2.05, 4.69) is 9.46 Å². The lowest BCUT2D eigenvalue weighted by atomic mass is 10.3. The smallest absolute Gasteiger partial charge is 0.495 e. The molecule has 0 spiro atoms. The van der Waals surface area contributed by atoms with Gasteiger partial charge in [-0.1, -0.05) is 0 Å². The Hall–Kier alpha value is -2.51. The Labute approximate surface area is 152 Å². The van der Waals surface area contributed by atoms with Gasteiger partial charge in [0, 0.05) is 0 Å². The molecule has 0 aromatic heterocycles. The molecule has 0 atom stereocenters. The van der Waals surface area contributed by atoms with Gasteiger partial charge in [-0.15, -0.1) is 13.2 Å². The number of methoxy groups -OCH3 is 1. The van der Waals surface area contributed by atoms with Crippen molar-refractivity contribution >= 4 is 25.7 Å². The topological polar surface area (TPSA) is 125 Å². The second-order valence-electron chi connectivity index (χ2n) is 5.04. The van der Waals surface area contributed by atoms with Crippen LogP contribution in [0.3, 0.4) is 0 Å². The Morgan fingerprint density at radius 2 is 1.59 bits per heavy atom. The van der Waals surface area contributed by atoms with Gasteiger partial charge in [0.2, 0.25) is 10.0 Å². The van der Waals surface area contributed by atoms with Crippen LogP contribution in [0.2, 0.25) is 0 Å². The fourth-order valence-electron chi connectivity index (χ4n) is 2.00. The first kappa shape index (κ1) is 20.8. The van der Waals surface area contributed by atoms with Crippen molar-refractivity contribution in [2.24, 2.45) is 5.14 Å². The minimum absolute atomic E-state index is 0.0888. The van der Waals surface area contributed by atoms with Crippen LogP contribution in [-0.4, -0.2) is 30.3 Å². The van der Waals surface area contributed by atoms with Crippen molar-refractivity contribution in [3.63, 3.8) is 0 Å². The summed E-state index contributed by atoms with van der Waals surface area (Å²) in [5.41, 5.74) is -0.143. The van der Waals surface area contributed by atoms with Gasteiger partial charge in [-0.3, -0.25) is 4.72 Å². The molecule has 0 saturated heterocycles. The number of benzene rings is 2. The highest BCUT2D eigenvalue weighted by Gasteiger charge is 2.31. The first-order valence-electron chi connectivity index (χ1n) is 6.91. The maximum absolute atomic E-state index is 12.3. The van der Waals surface area contributed by atoms with Gasteiger partial charge in [-0.25, -0.2) is 22.0 Å². The van der Waals surface area contributed by atoms with E-state index in [1.165, 1.54) is 19.2 Å². The zero-order chi connectivity index (χ0) is 20.5. The number of sulfonamides is 2. The Bertz CT molecular complexity index is 1040. The molecule has 0 bridgehead atoms. The molecule has 0 aliphatic heterocycles. The summed E-state index contributed by atoms with van der Waals surface area (Å²) in [5, 5.41) is 5.05. The molecule has 27 heavy (non-hydrogen) atoms. The molecule has 0 saturated carbocycles. The minimum Gasteiger partial charge on any atom is -0.495 e. The lowest BCUT2D eigenvalue weighted by Crippen LogP contribution is -2.18. The number of anilines is 1. The predicted molar refractivity (Wildman–Crippen MR) is 88.3 cm³/mol. The number of hydrogen-bond acceptors (Lipinski definition) is 6. The number of hydrogen-bond donors (Lipinski definition) is 2. The average Bonchev–Trinajstić information content (AvgIpc) is 2.52. The van der Waals surface area contributed by atoms with Crippen LogP contribution in [0.15, 0.2) is 52.3 Å². The molecule has 0 fully saturated rings. The zero-order valence-electron chi connectivity index (χ0n) is 13.5. The van der Waals surface area contributed by atoms with Crippen LogP contribution in [0.4, 0.5) is 18.9 Å². The normalized spacial score (nSPS) is 12.5. The molecule has 0 heterocycles. The molecule has 2 aromatic rings. The van der Waals surface area contributed by atoms with Gasteiger partial charge in [0.05, 0.1) is 17.7 Å². The molecular weight excluding hydrogens is 413 g/mol. The van der Waals surface area contributed by atoms with Crippen LogP contribution in [0.25, 0.3) is 0 Å². The highest BCUT2D eigenvalue weighted by Crippen LogP contribution is 2.28. The monoisotopic (exact) mass is 426 g/mol. The van der Waals surface area contributed by atoms with Gasteiger partial charge in [0.25, 0.3) is 10.0 Å². The standard InChI is InChI=1S/C14H13F3N2O6S2/c1-24-12-7-2-9(8-13(12)26(18,20)21)19-27(22,23)11-5-3-10(4-6-11)25-14(15,16)17/h2-8,19H,1H3,(H2,18,20,21). The number of alkyl halides is 3. The minimum atomic E-state index is -4.91. The summed E-state index contributed by atoms with van der Waals surface area (Å²) in [7, 11) is -7.21. The van der Waals surface area contributed by atoms with Crippen LogP contribution in [0, 0.1) is 0 Å². The van der Waals surface area contributed by atoms with Crippen LogP contribution in [0.5, 0.6) is 11.5 Å². The lowest BCUT2D eigenvalue weighted by Gasteiger charge is -2.12. The molecule has 2 aromatic carbocycles. The predicted octanol–water partition coefficient (Wildman–Crippen LogP) is 2.04. The SMILES string of the molecule is COc1ccc(NS(=O)(=O)c2ccc(OC(F)(F)F)cc2)cc1S(N)(=O)=O. The maximum atomic E-state index is 12.3. The Balaban J connectivity index is 2.31. The van der Waals surface area contributed by atoms with E-state index in [4.69, 9.17) is 9.88 Å². The Kier molecular flexibility index (Phi) is 5.58. The first-order chi connectivity index (χ1) is 12.3. The summed E-state index contributed by atoms with van der Waals surface area (Å²) in [4.78, 5) is -0.816. The van der Waals surface area contributed by atoms with Crippen LogP contribution >= 0.6 is 0 Å². The third-order valence-electron chi connectivity index (χ3n) is 3.09. The van der Waals surface area contributed by atoms with E-state index in [1.807, 2.05) is 0 Å². The summed E-state index contributed by atoms with van der Waals surface area (Å²) in [6, 6.07) is 6.82. The van der Waals surface area contributed by atoms with E-state index in [0.29, 0.717) is 0 Å². The first-order valence-corrected chi connectivity index (χ1v) is 9.94. The van der Waals surface area contributed by atoms with Gasteiger partial charge < -0.3 is 9.47 Å². The van der Waals surface area contributed by atoms with E-state index in [9.17, 15) is 30.0 Å². The summed E-state index contributed by atoms with van der Waals surface area (Å²) in [5.74, 6) is -0.684. The molecule has 0 aliphatic carbocycles. The van der Waals surface area contributed by atoms with Crippen molar-refractivity contribution in [1.29, 1.82) is 0 Å². The molecule has 0 amide bonds. The highest BCUT2D eigenvalue weighted by atomic mass is 32.2. The van der Waals surface area contributed by atoms with Gasteiger partial charge in [-0.2, -0.15) is 0 Å². The molecular formula is C14H13F3N2O6S2. The Morgan fingerprint density at radius 1 is 1.00 bits per heavy atom. The van der Waals surface area contributed by atoms with Crippen molar-refractivity contribution in [2.45, 2.75) is 16.2 Å². The van der Waals surface area contributed by atoms with Crippen molar-refractivity contribution in [3.8, 4) is 11.5 Å². The number of ether oxygens (including phenoxy) is 2. The molecule has 8 nitrogen and oxygen atoms in total. The van der Waals surface area contributed by atoms with Crippen LogP contribution < -0.4 is 19.3 Å². The highest BCUT2D eigenvalue weighted by molar-refractivity contribution is 7.92. The molecule has 2 rings (SSSR count). The Morgan fingerprint density at radius 3 is 2.07 bits per heavy atom. The second kappa shape index (κ2) is 7.25. The van der Waals surface area contributed by atoms with Crippen molar-refractivity contribution in [2.75, 3.05) is 11.8 Å². The number of nitrogens with two attached hydrogens (primary N) is 1. The third-order valence-corrected chi connectivity index (χ3v) is 5.42. The second-order valence-corrected chi connectivity index (χ2v) is 8.25. The zero-order valence-corrected chi connectivity index (χ0v) is 15.2. The van der Waals surface area contributed by atoms with Gasteiger partial charge in [0.1, 0.15) is 16.4 Å². The largest absolute Gasteiger partial charge is 0.573 e. The summed E-state index contributed by atoms with van der Waals surface area (Å²) < 4.78 is 94.8. The van der Waals surface area contributed by atoms with Crippen molar-refractivity contribution < 1.29 is 39.5 Å². The van der Waals surface area contributed by atoms with Gasteiger partial charge in [-0.05, 0) is 42.5 Å². The van der Waals surface area contributed by atoms with Gasteiger partial charge >= 0.3 is 6.36 Å². The molecule has 148 valence electrons. The maximum Gasteiger partial charge on any atom is 0.573 e. The fraction of sp³-hybridized carbons (Fsp3) is 0.143. The summed E-state index contributed by atoms with van der Waals surface area (Å²) >= 11 is 0. The van der Waals surface area contributed by atoms with Gasteiger partial charge in [0.15, 0.2) is 0 Å². The van der Waals surface area contributed by atoms with Crippen molar-refractivity contribution in [3.05, 3.63) is 42.5 Å². The van der Waals surface area contributed by atoms with Crippen LogP contribution in [0.1, 0.15) is 0 Å². The third kappa shape index (κ3) is 5.48. The lowest BCUT2D eigenvalue weighted by molar-refractivity contribution is -0.274. The average molecular weight is 426 g/mol. The number of rotatable bonds is 6. The summed E-state index contributed by atoms with van der Waals surface area (Å²) in [6.45, 7) is 0. The van der Waals surface area contributed by atoms with Crippen LogP contribution in [-0.2, 0) is 20.0 Å². The number of nitrogens with one attached hydrogen (secondary N) is 1.